The van der Waals surface area contributed by atoms with Crippen molar-refractivity contribution in [1.82, 2.24) is 5.32 Å². The summed E-state index contributed by atoms with van der Waals surface area (Å²) in [5.41, 5.74) is 6.32. The summed E-state index contributed by atoms with van der Waals surface area (Å²) in [5.74, 6) is -0.550. The Morgan fingerprint density at radius 2 is 2.27 bits per heavy atom. The molecule has 0 aromatic heterocycles. The van der Waals surface area contributed by atoms with Crippen LogP contribution in [-0.2, 0) is 4.79 Å². The van der Waals surface area contributed by atoms with E-state index in [-0.39, 0.29) is 5.92 Å². The van der Waals surface area contributed by atoms with Gasteiger partial charge in [-0.2, -0.15) is 0 Å². The molecule has 0 bridgehead atoms. The number of carboxylic acid groups (broad SMARTS) is 1. The lowest BCUT2D eigenvalue weighted by atomic mass is 9.83. The number of nitrogens with two attached hydrogens (primary N) is 1. The Bertz CT molecular complexity index is 546. The molecule has 0 aromatic carbocycles. The van der Waals surface area contributed by atoms with Gasteiger partial charge in [0.05, 0.1) is 7.85 Å². The van der Waals surface area contributed by atoms with Crippen LogP contribution >= 0.6 is 0 Å². The summed E-state index contributed by atoms with van der Waals surface area (Å²) in [4.78, 5) is 11.7. The van der Waals surface area contributed by atoms with Crippen LogP contribution in [0, 0.1) is 11.8 Å². The zero-order valence-corrected chi connectivity index (χ0v) is 15.8. The lowest BCUT2D eigenvalue weighted by molar-refractivity contribution is -0.145. The van der Waals surface area contributed by atoms with Gasteiger partial charge >= 0.3 is 5.97 Å². The first-order chi connectivity index (χ1) is 12.5. The van der Waals surface area contributed by atoms with Crippen LogP contribution in [0.2, 0.25) is 6.32 Å². The van der Waals surface area contributed by atoms with Gasteiger partial charge in [-0.25, -0.2) is 0 Å². The molecular formula is C21H33BN2O2. The Kier molecular flexibility index (Phi) is 8.17. The molecule has 4 N–H and O–H groups in total. The third kappa shape index (κ3) is 5.85. The van der Waals surface area contributed by atoms with Crippen molar-refractivity contribution >= 4 is 13.8 Å². The smallest absolute Gasteiger partial charge is 0.323 e. The largest absolute Gasteiger partial charge is 0.480 e. The lowest BCUT2D eigenvalue weighted by Gasteiger charge is -2.26. The number of allylic oxidation sites excluding steroid dienone is 4. The molecule has 4 atom stereocenters. The highest BCUT2D eigenvalue weighted by Gasteiger charge is 2.49. The molecule has 1 unspecified atom stereocenters. The molecule has 4 nitrogen and oxygen atoms in total. The van der Waals surface area contributed by atoms with Gasteiger partial charge < -0.3 is 16.2 Å². The Balaban J connectivity index is 1.91. The number of carboxylic acids is 1. The van der Waals surface area contributed by atoms with Crippen molar-refractivity contribution in [1.29, 1.82) is 0 Å². The van der Waals surface area contributed by atoms with E-state index in [9.17, 15) is 9.90 Å². The van der Waals surface area contributed by atoms with Crippen LogP contribution in [0.3, 0.4) is 0 Å². The highest BCUT2D eigenvalue weighted by atomic mass is 16.4. The Morgan fingerprint density at radius 1 is 1.46 bits per heavy atom. The molecule has 0 spiro atoms. The predicted octanol–water partition coefficient (Wildman–Crippen LogP) is 3.36. The minimum Gasteiger partial charge on any atom is -0.480 e. The lowest BCUT2D eigenvalue weighted by Crippen LogP contribution is -2.51. The molecule has 1 saturated carbocycles. The van der Waals surface area contributed by atoms with Gasteiger partial charge in [0.15, 0.2) is 0 Å². The monoisotopic (exact) mass is 356 g/mol. The summed E-state index contributed by atoms with van der Waals surface area (Å²) in [6, 6.07) is 0.388. The second-order valence-electron chi connectivity index (χ2n) is 7.96. The summed E-state index contributed by atoms with van der Waals surface area (Å²) < 4.78 is 0. The second-order valence-corrected chi connectivity index (χ2v) is 7.96. The van der Waals surface area contributed by atoms with E-state index in [1.165, 1.54) is 0 Å². The quantitative estimate of drug-likeness (QED) is 0.612. The van der Waals surface area contributed by atoms with Crippen molar-refractivity contribution in [3.05, 3.63) is 36.5 Å². The normalized spacial score (nSPS) is 35.1. The van der Waals surface area contributed by atoms with E-state index in [0.29, 0.717) is 24.7 Å². The molecule has 0 heterocycles. The maximum Gasteiger partial charge on any atom is 0.323 e. The standard InChI is InChI=1S/C21H33BN2O2/c1-16-8-5-3-2-4-6-10-19(12-16)24-15-17-13-18(9-7-11-22)21(23,14-17)20(25)26/h2-3,5,8,17-19,24H,1,4,6-7,9-15,23H2,(H,25,26)/b3-2-,8-5-/t17-,18-,19?,21-/m0/s1. The van der Waals surface area contributed by atoms with E-state index in [0.717, 1.165) is 57.1 Å². The maximum absolute atomic E-state index is 11.7. The zero-order valence-electron chi connectivity index (χ0n) is 15.8. The summed E-state index contributed by atoms with van der Waals surface area (Å²) in [6.45, 7) is 4.96. The van der Waals surface area contributed by atoms with Crippen molar-refractivity contribution in [3.8, 4) is 0 Å². The number of rotatable bonds is 7. The van der Waals surface area contributed by atoms with Gasteiger partial charge in [-0.05, 0) is 63.3 Å². The van der Waals surface area contributed by atoms with E-state index in [2.05, 4.69) is 36.2 Å². The van der Waals surface area contributed by atoms with Crippen LogP contribution in [0.4, 0.5) is 0 Å². The first-order valence-corrected chi connectivity index (χ1v) is 9.92. The average molecular weight is 356 g/mol. The van der Waals surface area contributed by atoms with E-state index in [1.54, 1.807) is 0 Å². The summed E-state index contributed by atoms with van der Waals surface area (Å²) in [7, 11) is 5.61. The number of hydrogen-bond donors (Lipinski definition) is 3. The molecule has 5 heteroatoms. The van der Waals surface area contributed by atoms with Crippen LogP contribution in [0.25, 0.3) is 0 Å². The topological polar surface area (TPSA) is 75.3 Å². The van der Waals surface area contributed by atoms with Crippen molar-refractivity contribution in [2.24, 2.45) is 17.6 Å². The van der Waals surface area contributed by atoms with Gasteiger partial charge in [-0.3, -0.25) is 4.79 Å². The summed E-state index contributed by atoms with van der Waals surface area (Å²) in [5, 5.41) is 13.3. The molecule has 2 rings (SSSR count). The fourth-order valence-corrected chi connectivity index (χ4v) is 4.34. The number of nitrogens with one attached hydrogen (secondary N) is 1. The molecule has 1 fully saturated rings. The maximum atomic E-state index is 11.7. The molecule has 2 aliphatic carbocycles. The van der Waals surface area contributed by atoms with E-state index in [1.807, 2.05) is 0 Å². The summed E-state index contributed by atoms with van der Waals surface area (Å²) >= 11 is 0. The van der Waals surface area contributed by atoms with Crippen molar-refractivity contribution in [2.75, 3.05) is 6.54 Å². The van der Waals surface area contributed by atoms with Crippen molar-refractivity contribution in [3.63, 3.8) is 0 Å². The fourth-order valence-electron chi connectivity index (χ4n) is 4.34. The first-order valence-electron chi connectivity index (χ1n) is 9.92. The molecule has 0 saturated heterocycles. The van der Waals surface area contributed by atoms with E-state index < -0.39 is 11.5 Å². The second kappa shape index (κ2) is 10.1. The average Bonchev–Trinajstić information content (AvgIpc) is 2.94. The Hall–Kier alpha value is -1.33. The van der Waals surface area contributed by atoms with Crippen molar-refractivity contribution in [2.45, 2.75) is 69.3 Å². The van der Waals surface area contributed by atoms with Gasteiger partial charge in [0.1, 0.15) is 5.54 Å². The third-order valence-corrected chi connectivity index (χ3v) is 5.83. The Morgan fingerprint density at radius 3 is 3.00 bits per heavy atom. The van der Waals surface area contributed by atoms with Gasteiger partial charge in [0.25, 0.3) is 0 Å². The van der Waals surface area contributed by atoms with Gasteiger partial charge in [-0.1, -0.05) is 49.2 Å². The predicted molar refractivity (Wildman–Crippen MR) is 108 cm³/mol. The van der Waals surface area contributed by atoms with E-state index in [4.69, 9.17) is 13.6 Å². The van der Waals surface area contributed by atoms with Gasteiger partial charge in [0, 0.05) is 6.04 Å². The van der Waals surface area contributed by atoms with Crippen LogP contribution in [-0.4, -0.2) is 37.0 Å². The number of hydrogen-bond acceptors (Lipinski definition) is 3. The molecule has 0 aromatic rings. The molecule has 2 aliphatic rings. The highest BCUT2D eigenvalue weighted by molar-refractivity contribution is 6.08. The molecule has 2 radical (unpaired) electrons. The van der Waals surface area contributed by atoms with Crippen LogP contribution < -0.4 is 11.1 Å². The van der Waals surface area contributed by atoms with E-state index >= 15 is 0 Å². The van der Waals surface area contributed by atoms with Crippen LogP contribution in [0.1, 0.15) is 51.4 Å². The minimum atomic E-state index is -1.10. The third-order valence-electron chi connectivity index (χ3n) is 5.83. The number of carbonyl (C=O) groups is 1. The molecule has 26 heavy (non-hydrogen) atoms. The van der Waals surface area contributed by atoms with Crippen LogP contribution in [0.15, 0.2) is 36.5 Å². The SMILES string of the molecule is [B]CCC[C@H]1C[C@H](CNC2CCC/C=C\C=C/C(=C)C2)C[C@@]1(N)C(=O)O. The van der Waals surface area contributed by atoms with Gasteiger partial charge in [0.2, 0.25) is 0 Å². The summed E-state index contributed by atoms with van der Waals surface area (Å²) in [6.07, 6.45) is 16.3. The van der Waals surface area contributed by atoms with Crippen molar-refractivity contribution < 1.29 is 9.90 Å². The Labute approximate surface area is 159 Å². The molecular weight excluding hydrogens is 323 g/mol. The first kappa shape index (κ1) is 21.0. The molecule has 0 aliphatic heterocycles. The molecule has 0 amide bonds. The van der Waals surface area contributed by atoms with Crippen LogP contribution in [0.5, 0.6) is 0 Å². The zero-order chi connectivity index (χ0) is 19.0. The van der Waals surface area contributed by atoms with Gasteiger partial charge in [-0.15, -0.1) is 0 Å². The highest BCUT2D eigenvalue weighted by Crippen LogP contribution is 2.41. The molecule has 142 valence electrons. The number of aliphatic carboxylic acids is 1. The minimum absolute atomic E-state index is 0.0161. The fraction of sp³-hybridized carbons (Fsp3) is 0.667.